The topological polar surface area (TPSA) is 61.0 Å². The van der Waals surface area contributed by atoms with Crippen molar-refractivity contribution in [2.24, 2.45) is 5.73 Å². The number of aromatic nitrogens is 2. The highest BCUT2D eigenvalue weighted by Crippen LogP contribution is 2.26. The highest BCUT2D eigenvalue weighted by atomic mass is 16.5. The van der Waals surface area contributed by atoms with Crippen molar-refractivity contribution in [1.82, 2.24) is 9.97 Å². The van der Waals surface area contributed by atoms with Crippen LogP contribution in [0.3, 0.4) is 0 Å². The first-order valence-electron chi connectivity index (χ1n) is 6.53. The maximum absolute atomic E-state index is 5.84. The standard InChI is InChI=1S/C16H15N3O/c17-10-9-12-5-7-13(8-6-12)20-16-14-3-1-2-4-15(14)18-11-19-16/h1-8,11H,9-10,17H2. The summed E-state index contributed by atoms with van der Waals surface area (Å²) in [4.78, 5) is 8.42. The van der Waals surface area contributed by atoms with Crippen LogP contribution >= 0.6 is 0 Å². The summed E-state index contributed by atoms with van der Waals surface area (Å²) in [6.07, 6.45) is 2.39. The van der Waals surface area contributed by atoms with Crippen LogP contribution in [-0.2, 0) is 6.42 Å². The van der Waals surface area contributed by atoms with Gasteiger partial charge in [-0.25, -0.2) is 9.97 Å². The van der Waals surface area contributed by atoms with Gasteiger partial charge >= 0.3 is 0 Å². The van der Waals surface area contributed by atoms with Crippen molar-refractivity contribution in [3.63, 3.8) is 0 Å². The van der Waals surface area contributed by atoms with Crippen LogP contribution in [0.1, 0.15) is 5.56 Å². The molecule has 0 saturated heterocycles. The fourth-order valence-electron chi connectivity index (χ4n) is 2.06. The summed E-state index contributed by atoms with van der Waals surface area (Å²) >= 11 is 0. The molecule has 0 saturated carbocycles. The highest BCUT2D eigenvalue weighted by molar-refractivity contribution is 5.83. The number of hydrogen-bond acceptors (Lipinski definition) is 4. The molecule has 0 aliphatic rings. The van der Waals surface area contributed by atoms with Crippen molar-refractivity contribution in [1.29, 1.82) is 0 Å². The molecule has 2 N–H and O–H groups in total. The van der Waals surface area contributed by atoms with Gasteiger partial charge in [0.25, 0.3) is 0 Å². The molecule has 0 unspecified atom stereocenters. The number of ether oxygens (including phenoxy) is 1. The number of nitrogens with zero attached hydrogens (tertiary/aromatic N) is 2. The first kappa shape index (κ1) is 12.6. The van der Waals surface area contributed by atoms with Gasteiger partial charge in [-0.3, -0.25) is 0 Å². The molecule has 100 valence electrons. The Labute approximate surface area is 117 Å². The molecule has 3 rings (SSSR count). The average Bonchev–Trinajstić information content (AvgIpc) is 2.50. The Morgan fingerprint density at radius 3 is 2.55 bits per heavy atom. The number of para-hydroxylation sites is 1. The summed E-state index contributed by atoms with van der Waals surface area (Å²) in [5.41, 5.74) is 7.61. The molecular formula is C16H15N3O. The summed E-state index contributed by atoms with van der Waals surface area (Å²) < 4.78 is 5.84. The largest absolute Gasteiger partial charge is 0.438 e. The van der Waals surface area contributed by atoms with Crippen LogP contribution in [0.25, 0.3) is 10.9 Å². The van der Waals surface area contributed by atoms with Crippen LogP contribution < -0.4 is 10.5 Å². The molecule has 20 heavy (non-hydrogen) atoms. The SMILES string of the molecule is NCCc1ccc(Oc2ncnc3ccccc23)cc1. The monoisotopic (exact) mass is 265 g/mol. The molecular weight excluding hydrogens is 250 g/mol. The first-order chi connectivity index (χ1) is 9.86. The van der Waals surface area contributed by atoms with E-state index < -0.39 is 0 Å². The van der Waals surface area contributed by atoms with Crippen molar-refractivity contribution in [2.45, 2.75) is 6.42 Å². The Bertz CT molecular complexity index is 705. The van der Waals surface area contributed by atoms with Gasteiger partial charge in [-0.05, 0) is 42.8 Å². The van der Waals surface area contributed by atoms with Gasteiger partial charge in [0.05, 0.1) is 10.9 Å². The van der Waals surface area contributed by atoms with Gasteiger partial charge in [0.1, 0.15) is 12.1 Å². The Morgan fingerprint density at radius 1 is 0.950 bits per heavy atom. The molecule has 0 atom stereocenters. The summed E-state index contributed by atoms with van der Waals surface area (Å²) in [7, 11) is 0. The Morgan fingerprint density at radius 2 is 1.75 bits per heavy atom. The second kappa shape index (κ2) is 5.67. The molecule has 0 aliphatic carbocycles. The predicted octanol–water partition coefficient (Wildman–Crippen LogP) is 2.92. The van der Waals surface area contributed by atoms with Crippen molar-refractivity contribution >= 4 is 10.9 Å². The van der Waals surface area contributed by atoms with Crippen molar-refractivity contribution < 1.29 is 4.74 Å². The Hall–Kier alpha value is -2.46. The number of hydrogen-bond donors (Lipinski definition) is 1. The molecule has 4 nitrogen and oxygen atoms in total. The molecule has 3 aromatic rings. The molecule has 0 fully saturated rings. The van der Waals surface area contributed by atoms with E-state index in [1.54, 1.807) is 0 Å². The zero-order valence-electron chi connectivity index (χ0n) is 11.0. The van der Waals surface area contributed by atoms with Gasteiger partial charge in [-0.1, -0.05) is 24.3 Å². The molecule has 0 amide bonds. The first-order valence-corrected chi connectivity index (χ1v) is 6.53. The van der Waals surface area contributed by atoms with Gasteiger partial charge in [0, 0.05) is 0 Å². The van der Waals surface area contributed by atoms with Crippen LogP contribution in [0.4, 0.5) is 0 Å². The smallest absolute Gasteiger partial charge is 0.230 e. The minimum atomic E-state index is 0.571. The fraction of sp³-hybridized carbons (Fsp3) is 0.125. The van der Waals surface area contributed by atoms with Crippen LogP contribution in [0, 0.1) is 0 Å². The van der Waals surface area contributed by atoms with E-state index >= 15 is 0 Å². The van der Waals surface area contributed by atoms with Gasteiger partial charge < -0.3 is 10.5 Å². The summed E-state index contributed by atoms with van der Waals surface area (Å²) in [5, 5.41) is 0.904. The normalized spacial score (nSPS) is 10.7. The van der Waals surface area contributed by atoms with Crippen LogP contribution in [-0.4, -0.2) is 16.5 Å². The molecule has 0 radical (unpaired) electrons. The maximum atomic E-state index is 5.84. The summed E-state index contributed by atoms with van der Waals surface area (Å²) in [6.45, 7) is 0.650. The summed E-state index contributed by atoms with van der Waals surface area (Å²) in [6, 6.07) is 15.7. The van der Waals surface area contributed by atoms with Crippen LogP contribution in [0.2, 0.25) is 0 Å². The van der Waals surface area contributed by atoms with E-state index in [0.29, 0.717) is 12.4 Å². The van der Waals surface area contributed by atoms with E-state index in [9.17, 15) is 0 Å². The van der Waals surface area contributed by atoms with Crippen molar-refractivity contribution in [2.75, 3.05) is 6.54 Å². The number of nitrogens with two attached hydrogens (primary N) is 1. The van der Waals surface area contributed by atoms with E-state index in [0.717, 1.165) is 23.1 Å². The molecule has 0 bridgehead atoms. The molecule has 1 heterocycles. The quantitative estimate of drug-likeness (QED) is 0.788. The van der Waals surface area contributed by atoms with E-state index in [-0.39, 0.29) is 0 Å². The third-order valence-electron chi connectivity index (χ3n) is 3.08. The molecule has 2 aromatic carbocycles. The second-order valence-electron chi connectivity index (χ2n) is 4.48. The lowest BCUT2D eigenvalue weighted by molar-refractivity contribution is 0.468. The van der Waals surface area contributed by atoms with Gasteiger partial charge in [-0.2, -0.15) is 0 Å². The Kier molecular flexibility index (Phi) is 3.56. The number of benzene rings is 2. The van der Waals surface area contributed by atoms with Crippen molar-refractivity contribution in [3.8, 4) is 11.6 Å². The van der Waals surface area contributed by atoms with Gasteiger partial charge in [0.15, 0.2) is 0 Å². The zero-order valence-corrected chi connectivity index (χ0v) is 11.0. The average molecular weight is 265 g/mol. The maximum Gasteiger partial charge on any atom is 0.230 e. The van der Waals surface area contributed by atoms with Gasteiger partial charge in [-0.15, -0.1) is 0 Å². The minimum Gasteiger partial charge on any atom is -0.438 e. The number of fused-ring (bicyclic) bond motifs is 1. The second-order valence-corrected chi connectivity index (χ2v) is 4.48. The van der Waals surface area contributed by atoms with E-state index in [2.05, 4.69) is 9.97 Å². The lowest BCUT2D eigenvalue weighted by atomic mass is 10.1. The van der Waals surface area contributed by atoms with Crippen LogP contribution in [0.15, 0.2) is 54.9 Å². The molecule has 0 spiro atoms. The Balaban J connectivity index is 1.89. The zero-order chi connectivity index (χ0) is 13.8. The highest BCUT2D eigenvalue weighted by Gasteiger charge is 2.05. The summed E-state index contributed by atoms with van der Waals surface area (Å²) in [5.74, 6) is 1.33. The minimum absolute atomic E-state index is 0.571. The molecule has 4 heteroatoms. The van der Waals surface area contributed by atoms with E-state index in [4.69, 9.17) is 10.5 Å². The van der Waals surface area contributed by atoms with E-state index in [1.165, 1.54) is 11.9 Å². The fourth-order valence-corrected chi connectivity index (χ4v) is 2.06. The molecule has 0 aliphatic heterocycles. The lowest BCUT2D eigenvalue weighted by Crippen LogP contribution is -2.02. The predicted molar refractivity (Wildman–Crippen MR) is 78.8 cm³/mol. The third-order valence-corrected chi connectivity index (χ3v) is 3.08. The van der Waals surface area contributed by atoms with Crippen molar-refractivity contribution in [3.05, 3.63) is 60.4 Å². The van der Waals surface area contributed by atoms with Crippen LogP contribution in [0.5, 0.6) is 11.6 Å². The molecule has 1 aromatic heterocycles. The third kappa shape index (κ3) is 2.60. The van der Waals surface area contributed by atoms with E-state index in [1.807, 2.05) is 48.5 Å². The number of rotatable bonds is 4. The van der Waals surface area contributed by atoms with Gasteiger partial charge in [0.2, 0.25) is 5.88 Å². The lowest BCUT2D eigenvalue weighted by Gasteiger charge is -2.07.